The summed E-state index contributed by atoms with van der Waals surface area (Å²) in [6.07, 6.45) is 2.96. The van der Waals surface area contributed by atoms with Gasteiger partial charge in [-0.3, -0.25) is 0 Å². The number of benzene rings is 1. The number of hydrogen-bond donors (Lipinski definition) is 2. The molecule has 0 spiro atoms. The van der Waals surface area contributed by atoms with Crippen LogP contribution in [0.25, 0.3) is 0 Å². The average molecular weight is 549 g/mol. The molecule has 2 heterocycles. The van der Waals surface area contributed by atoms with E-state index < -0.39 is 10.0 Å². The highest BCUT2D eigenvalue weighted by Crippen LogP contribution is 2.23. The molecular weight excluding hydrogens is 519 g/mol. The molecule has 0 atom stereocenters. The van der Waals surface area contributed by atoms with Crippen LogP contribution in [0, 0.1) is 0 Å². The maximum atomic E-state index is 13.1. The van der Waals surface area contributed by atoms with E-state index in [-0.39, 0.29) is 24.0 Å². The minimum Gasteiger partial charge on any atom is -0.357 e. The summed E-state index contributed by atoms with van der Waals surface area (Å²) in [5, 5.41) is 10.6. The Morgan fingerprint density at radius 3 is 2.59 bits per heavy atom. The SMILES string of the molecule is CCNC(=NCc1ccsc1)NCc1ccccc1S(=O)(=O)N1CCCCC1.I. The lowest BCUT2D eigenvalue weighted by Gasteiger charge is -2.27. The molecule has 1 aromatic heterocycles. The van der Waals surface area contributed by atoms with Gasteiger partial charge in [0.25, 0.3) is 0 Å². The van der Waals surface area contributed by atoms with Gasteiger partial charge in [-0.15, -0.1) is 24.0 Å². The van der Waals surface area contributed by atoms with Gasteiger partial charge in [0.2, 0.25) is 10.0 Å². The first-order valence-electron chi connectivity index (χ1n) is 9.72. The van der Waals surface area contributed by atoms with Crippen molar-refractivity contribution in [3.8, 4) is 0 Å². The first kappa shape index (κ1) is 24.1. The lowest BCUT2D eigenvalue weighted by molar-refractivity contribution is 0.346. The number of thiophene rings is 1. The molecular formula is C20H29IN4O2S2. The van der Waals surface area contributed by atoms with Gasteiger partial charge in [-0.05, 0) is 53.8 Å². The summed E-state index contributed by atoms with van der Waals surface area (Å²) >= 11 is 1.65. The number of guanidine groups is 1. The van der Waals surface area contributed by atoms with Crippen molar-refractivity contribution < 1.29 is 8.42 Å². The Labute approximate surface area is 194 Å². The van der Waals surface area contributed by atoms with Crippen molar-refractivity contribution in [1.82, 2.24) is 14.9 Å². The Hall–Kier alpha value is -1.17. The van der Waals surface area contributed by atoms with Crippen molar-refractivity contribution >= 4 is 51.3 Å². The fraction of sp³-hybridized carbons (Fsp3) is 0.450. The molecule has 9 heteroatoms. The van der Waals surface area contributed by atoms with Crippen molar-refractivity contribution in [3.63, 3.8) is 0 Å². The first-order valence-corrected chi connectivity index (χ1v) is 12.1. The molecule has 1 aliphatic rings. The number of piperidine rings is 1. The van der Waals surface area contributed by atoms with Crippen molar-refractivity contribution in [2.45, 2.75) is 44.2 Å². The van der Waals surface area contributed by atoms with Gasteiger partial charge in [0.15, 0.2) is 5.96 Å². The Morgan fingerprint density at radius 1 is 1.14 bits per heavy atom. The minimum atomic E-state index is -3.47. The van der Waals surface area contributed by atoms with E-state index in [9.17, 15) is 8.42 Å². The number of halogens is 1. The van der Waals surface area contributed by atoms with E-state index in [1.807, 2.05) is 24.4 Å². The van der Waals surface area contributed by atoms with Gasteiger partial charge in [-0.2, -0.15) is 15.6 Å². The molecule has 160 valence electrons. The van der Waals surface area contributed by atoms with Gasteiger partial charge in [-0.25, -0.2) is 13.4 Å². The third-order valence-electron chi connectivity index (χ3n) is 4.70. The molecule has 0 bridgehead atoms. The van der Waals surface area contributed by atoms with Crippen LogP contribution in [0.15, 0.2) is 51.0 Å². The Bertz CT molecular complexity index is 880. The number of sulfonamides is 1. The van der Waals surface area contributed by atoms with E-state index in [0.717, 1.165) is 36.9 Å². The van der Waals surface area contributed by atoms with Crippen molar-refractivity contribution in [1.29, 1.82) is 0 Å². The van der Waals surface area contributed by atoms with Crippen LogP contribution in [0.2, 0.25) is 0 Å². The Morgan fingerprint density at radius 2 is 1.90 bits per heavy atom. The molecule has 2 N–H and O–H groups in total. The Kier molecular flexibility index (Phi) is 9.87. The molecule has 0 aliphatic carbocycles. The van der Waals surface area contributed by atoms with Gasteiger partial charge in [0.05, 0.1) is 11.4 Å². The molecule has 1 aromatic carbocycles. The lowest BCUT2D eigenvalue weighted by atomic mass is 10.2. The third-order valence-corrected chi connectivity index (χ3v) is 7.43. The monoisotopic (exact) mass is 548 g/mol. The van der Waals surface area contributed by atoms with E-state index in [1.165, 1.54) is 0 Å². The standard InChI is InChI=1S/C20H28N4O2S2.HI/c1-2-21-20(22-14-17-10-13-27-16-17)23-15-18-8-4-5-9-19(18)28(25,26)24-11-6-3-7-12-24;/h4-5,8-10,13,16H,2-3,6-7,11-12,14-15H2,1H3,(H2,21,22,23);1H. The average Bonchev–Trinajstić information content (AvgIpc) is 3.24. The van der Waals surface area contributed by atoms with Crippen LogP contribution in [-0.4, -0.2) is 38.3 Å². The number of hydrogen-bond acceptors (Lipinski definition) is 4. The molecule has 1 fully saturated rings. The predicted molar refractivity (Wildman–Crippen MR) is 130 cm³/mol. The fourth-order valence-corrected chi connectivity index (χ4v) is 5.62. The van der Waals surface area contributed by atoms with Gasteiger partial charge in [0.1, 0.15) is 0 Å². The molecule has 0 amide bonds. The summed E-state index contributed by atoms with van der Waals surface area (Å²) in [5.74, 6) is 0.680. The van der Waals surface area contributed by atoms with E-state index in [1.54, 1.807) is 27.8 Å². The second-order valence-corrected chi connectivity index (χ2v) is 9.44. The quantitative estimate of drug-likeness (QED) is 0.314. The highest BCUT2D eigenvalue weighted by atomic mass is 127. The molecule has 0 radical (unpaired) electrons. The number of aliphatic imine (C=N–C) groups is 1. The van der Waals surface area contributed by atoms with Crippen LogP contribution in [-0.2, 0) is 23.1 Å². The second-order valence-electron chi connectivity index (χ2n) is 6.75. The zero-order valence-corrected chi connectivity index (χ0v) is 20.6. The molecule has 2 aromatic rings. The molecule has 3 rings (SSSR count). The zero-order chi connectivity index (χ0) is 19.8. The highest BCUT2D eigenvalue weighted by Gasteiger charge is 2.27. The topological polar surface area (TPSA) is 73.8 Å². The molecule has 0 saturated carbocycles. The first-order chi connectivity index (χ1) is 13.6. The zero-order valence-electron chi connectivity index (χ0n) is 16.6. The van der Waals surface area contributed by atoms with Gasteiger partial charge in [0, 0.05) is 26.2 Å². The summed E-state index contributed by atoms with van der Waals surface area (Å²) in [4.78, 5) is 4.98. The maximum Gasteiger partial charge on any atom is 0.243 e. The lowest BCUT2D eigenvalue weighted by Crippen LogP contribution is -2.38. The predicted octanol–water partition coefficient (Wildman–Crippen LogP) is 3.80. The van der Waals surface area contributed by atoms with Gasteiger partial charge >= 0.3 is 0 Å². The van der Waals surface area contributed by atoms with Crippen LogP contribution in [0.5, 0.6) is 0 Å². The summed E-state index contributed by atoms with van der Waals surface area (Å²) in [5.41, 5.74) is 1.92. The van der Waals surface area contributed by atoms with Crippen LogP contribution < -0.4 is 10.6 Å². The van der Waals surface area contributed by atoms with Crippen molar-refractivity contribution in [3.05, 3.63) is 52.2 Å². The Balaban J connectivity index is 0.00000300. The van der Waals surface area contributed by atoms with Gasteiger partial charge in [-0.1, -0.05) is 24.6 Å². The summed E-state index contributed by atoms with van der Waals surface area (Å²) < 4.78 is 27.8. The van der Waals surface area contributed by atoms with E-state index in [2.05, 4.69) is 27.1 Å². The van der Waals surface area contributed by atoms with Crippen LogP contribution >= 0.6 is 35.3 Å². The molecule has 0 unspecified atom stereocenters. The van der Waals surface area contributed by atoms with Gasteiger partial charge < -0.3 is 10.6 Å². The van der Waals surface area contributed by atoms with E-state index in [4.69, 9.17) is 0 Å². The van der Waals surface area contributed by atoms with E-state index >= 15 is 0 Å². The summed E-state index contributed by atoms with van der Waals surface area (Å²) in [6, 6.07) is 9.29. The smallest absolute Gasteiger partial charge is 0.243 e. The largest absolute Gasteiger partial charge is 0.357 e. The number of nitrogens with one attached hydrogen (secondary N) is 2. The van der Waals surface area contributed by atoms with Crippen molar-refractivity contribution in [2.75, 3.05) is 19.6 Å². The molecule has 1 aliphatic heterocycles. The second kappa shape index (κ2) is 11.9. The third kappa shape index (κ3) is 6.66. The maximum absolute atomic E-state index is 13.1. The minimum absolute atomic E-state index is 0. The molecule has 29 heavy (non-hydrogen) atoms. The van der Waals surface area contributed by atoms with Crippen LogP contribution in [0.1, 0.15) is 37.3 Å². The van der Waals surface area contributed by atoms with Crippen molar-refractivity contribution in [2.24, 2.45) is 4.99 Å². The van der Waals surface area contributed by atoms with E-state index in [0.29, 0.717) is 37.0 Å². The normalized spacial score (nSPS) is 15.6. The summed E-state index contributed by atoms with van der Waals surface area (Å²) in [7, 11) is -3.47. The number of rotatable bonds is 7. The highest BCUT2D eigenvalue weighted by molar-refractivity contribution is 14.0. The van der Waals surface area contributed by atoms with Crippen LogP contribution in [0.3, 0.4) is 0 Å². The molecule has 6 nitrogen and oxygen atoms in total. The molecule has 1 saturated heterocycles. The fourth-order valence-electron chi connectivity index (χ4n) is 3.22. The summed E-state index contributed by atoms with van der Waals surface area (Å²) in [6.45, 7) is 4.95. The van der Waals surface area contributed by atoms with Crippen LogP contribution in [0.4, 0.5) is 0 Å². The number of nitrogens with zero attached hydrogens (tertiary/aromatic N) is 2.